The number of hydrogen-bond donors (Lipinski definition) is 1. The number of benzene rings is 1. The van der Waals surface area contributed by atoms with Crippen molar-refractivity contribution in [1.82, 2.24) is 9.80 Å². The van der Waals surface area contributed by atoms with E-state index in [4.69, 9.17) is 0 Å². The van der Waals surface area contributed by atoms with Gasteiger partial charge in [0.05, 0.1) is 0 Å². The van der Waals surface area contributed by atoms with Crippen molar-refractivity contribution in [2.45, 2.75) is 51.9 Å². The van der Waals surface area contributed by atoms with Crippen LogP contribution in [0.2, 0.25) is 0 Å². The number of urea groups is 1. The third kappa shape index (κ3) is 4.60. The number of rotatable bonds is 3. The van der Waals surface area contributed by atoms with Crippen molar-refractivity contribution in [3.05, 3.63) is 23.8 Å². The summed E-state index contributed by atoms with van der Waals surface area (Å²) in [6, 6.07) is 5.62. The quantitative estimate of drug-likeness (QED) is 0.828. The second-order valence-electron chi connectivity index (χ2n) is 8.77. The van der Waals surface area contributed by atoms with Gasteiger partial charge in [0.15, 0.2) is 0 Å². The highest BCUT2D eigenvalue weighted by Crippen LogP contribution is 2.31. The zero-order chi connectivity index (χ0) is 21.1. The number of carbonyl (C=O) groups excluding carboxylic acids is 3. The van der Waals surface area contributed by atoms with Crippen molar-refractivity contribution in [1.29, 1.82) is 0 Å². The lowest BCUT2D eigenvalue weighted by Crippen LogP contribution is -2.39. The summed E-state index contributed by atoms with van der Waals surface area (Å²) in [4.78, 5) is 42.8. The Balaban J connectivity index is 1.33. The van der Waals surface area contributed by atoms with Gasteiger partial charge in [0.2, 0.25) is 11.8 Å². The number of hydrogen-bond acceptors (Lipinski definition) is 3. The van der Waals surface area contributed by atoms with Gasteiger partial charge in [-0.1, -0.05) is 18.9 Å². The smallest absolute Gasteiger partial charge is 0.321 e. The van der Waals surface area contributed by atoms with Gasteiger partial charge in [0.1, 0.15) is 0 Å². The lowest BCUT2D eigenvalue weighted by atomic mass is 10.0. The van der Waals surface area contributed by atoms with Crippen LogP contribution in [0.15, 0.2) is 18.2 Å². The molecule has 1 saturated heterocycles. The van der Waals surface area contributed by atoms with Crippen LogP contribution < -0.4 is 10.2 Å². The normalized spacial score (nSPS) is 19.6. The Kier molecular flexibility index (Phi) is 6.25. The molecule has 3 aliphatic rings. The van der Waals surface area contributed by atoms with E-state index < -0.39 is 0 Å². The maximum atomic E-state index is 12.8. The van der Waals surface area contributed by atoms with Crippen molar-refractivity contribution in [3.63, 3.8) is 0 Å². The predicted octanol–water partition coefficient (Wildman–Crippen LogP) is 3.24. The van der Waals surface area contributed by atoms with Crippen molar-refractivity contribution in [3.8, 4) is 0 Å². The molecule has 1 aromatic carbocycles. The molecule has 0 unspecified atom stereocenters. The first-order valence-electron chi connectivity index (χ1n) is 11.3. The van der Waals surface area contributed by atoms with Crippen LogP contribution in [0.1, 0.15) is 51.0 Å². The molecular weight excluding hydrogens is 380 g/mol. The molecule has 0 bridgehead atoms. The Hall–Kier alpha value is -2.57. The molecule has 2 fully saturated rings. The molecule has 7 nitrogen and oxygen atoms in total. The SMILES string of the molecule is CC(=O)N1CCc2ccc(NC(=O)N3CCCN(C(=O)CC4CCCC4)CC3)cc21. The highest BCUT2D eigenvalue weighted by atomic mass is 16.2. The first-order chi connectivity index (χ1) is 14.5. The molecule has 1 aromatic rings. The zero-order valence-corrected chi connectivity index (χ0v) is 17.9. The molecule has 2 aliphatic heterocycles. The third-order valence-electron chi connectivity index (χ3n) is 6.69. The Labute approximate surface area is 178 Å². The van der Waals surface area contributed by atoms with E-state index in [1.807, 2.05) is 23.1 Å². The Morgan fingerprint density at radius 3 is 2.47 bits per heavy atom. The summed E-state index contributed by atoms with van der Waals surface area (Å²) >= 11 is 0. The van der Waals surface area contributed by atoms with Crippen LogP contribution in [0.4, 0.5) is 16.2 Å². The van der Waals surface area contributed by atoms with Crippen LogP contribution >= 0.6 is 0 Å². The van der Waals surface area contributed by atoms with Crippen LogP contribution in [0, 0.1) is 5.92 Å². The van der Waals surface area contributed by atoms with Gasteiger partial charge < -0.3 is 20.0 Å². The fraction of sp³-hybridized carbons (Fsp3) is 0.609. The number of anilines is 2. The maximum Gasteiger partial charge on any atom is 0.321 e. The second kappa shape index (κ2) is 9.06. The van der Waals surface area contributed by atoms with E-state index in [2.05, 4.69) is 5.32 Å². The van der Waals surface area contributed by atoms with Gasteiger partial charge in [-0.05, 0) is 49.3 Å². The number of fused-ring (bicyclic) bond motifs is 1. The van der Waals surface area contributed by atoms with E-state index >= 15 is 0 Å². The van der Waals surface area contributed by atoms with Crippen molar-refractivity contribution in [2.24, 2.45) is 5.92 Å². The molecule has 0 atom stereocenters. The predicted molar refractivity (Wildman–Crippen MR) is 117 cm³/mol. The van der Waals surface area contributed by atoms with E-state index in [0.717, 1.165) is 30.6 Å². The molecule has 0 radical (unpaired) electrons. The summed E-state index contributed by atoms with van der Waals surface area (Å²) in [7, 11) is 0. The molecule has 1 N–H and O–H groups in total. The third-order valence-corrected chi connectivity index (χ3v) is 6.69. The average Bonchev–Trinajstić information content (AvgIpc) is 3.31. The topological polar surface area (TPSA) is 73.0 Å². The fourth-order valence-corrected chi connectivity index (χ4v) is 4.95. The summed E-state index contributed by atoms with van der Waals surface area (Å²) in [6.45, 7) is 4.77. The van der Waals surface area contributed by atoms with Gasteiger partial charge in [-0.15, -0.1) is 0 Å². The van der Waals surface area contributed by atoms with Gasteiger partial charge in [-0.3, -0.25) is 9.59 Å². The lowest BCUT2D eigenvalue weighted by molar-refractivity contribution is -0.132. The van der Waals surface area contributed by atoms with E-state index in [0.29, 0.717) is 44.2 Å². The fourth-order valence-electron chi connectivity index (χ4n) is 4.95. The Bertz CT molecular complexity index is 819. The molecule has 7 heteroatoms. The molecular formula is C23H32N4O3. The first kappa shape index (κ1) is 20.7. The molecule has 0 aromatic heterocycles. The average molecular weight is 413 g/mol. The molecule has 1 saturated carbocycles. The zero-order valence-electron chi connectivity index (χ0n) is 17.9. The van der Waals surface area contributed by atoms with E-state index in [1.54, 1.807) is 16.7 Å². The highest BCUT2D eigenvalue weighted by molar-refractivity contribution is 5.96. The maximum absolute atomic E-state index is 12.8. The number of nitrogens with one attached hydrogen (secondary N) is 1. The van der Waals surface area contributed by atoms with Crippen LogP contribution in [0.5, 0.6) is 0 Å². The van der Waals surface area contributed by atoms with Crippen LogP contribution in [-0.4, -0.2) is 60.4 Å². The minimum Gasteiger partial charge on any atom is -0.341 e. The van der Waals surface area contributed by atoms with Gasteiger partial charge in [-0.2, -0.15) is 0 Å². The lowest BCUT2D eigenvalue weighted by Gasteiger charge is -2.23. The van der Waals surface area contributed by atoms with Crippen LogP contribution in [0.25, 0.3) is 0 Å². The molecule has 0 spiro atoms. The molecule has 1 aliphatic carbocycles. The minimum absolute atomic E-state index is 0.0205. The summed E-state index contributed by atoms with van der Waals surface area (Å²) in [5.74, 6) is 0.814. The molecule has 4 amide bonds. The number of carbonyl (C=O) groups is 3. The van der Waals surface area contributed by atoms with Crippen LogP contribution in [0.3, 0.4) is 0 Å². The van der Waals surface area contributed by atoms with Crippen molar-refractivity contribution < 1.29 is 14.4 Å². The summed E-state index contributed by atoms with van der Waals surface area (Å²) in [5, 5.41) is 2.98. The monoisotopic (exact) mass is 412 g/mol. The number of nitrogens with zero attached hydrogens (tertiary/aromatic N) is 3. The Morgan fingerprint density at radius 2 is 1.70 bits per heavy atom. The molecule has 4 rings (SSSR count). The number of amides is 4. The largest absolute Gasteiger partial charge is 0.341 e. The summed E-state index contributed by atoms with van der Waals surface area (Å²) in [5.41, 5.74) is 2.72. The van der Waals surface area contributed by atoms with Crippen molar-refractivity contribution in [2.75, 3.05) is 42.9 Å². The summed E-state index contributed by atoms with van der Waals surface area (Å²) in [6.07, 6.45) is 7.16. The van der Waals surface area contributed by atoms with E-state index in [-0.39, 0.29) is 17.8 Å². The van der Waals surface area contributed by atoms with E-state index in [9.17, 15) is 14.4 Å². The highest BCUT2D eigenvalue weighted by Gasteiger charge is 2.26. The van der Waals surface area contributed by atoms with Gasteiger partial charge in [0, 0.05) is 57.4 Å². The first-order valence-corrected chi connectivity index (χ1v) is 11.3. The van der Waals surface area contributed by atoms with Gasteiger partial charge >= 0.3 is 6.03 Å². The summed E-state index contributed by atoms with van der Waals surface area (Å²) < 4.78 is 0. The second-order valence-corrected chi connectivity index (χ2v) is 8.77. The van der Waals surface area contributed by atoms with Gasteiger partial charge in [-0.25, -0.2) is 4.79 Å². The van der Waals surface area contributed by atoms with Crippen molar-refractivity contribution >= 4 is 29.2 Å². The van der Waals surface area contributed by atoms with Crippen LogP contribution in [-0.2, 0) is 16.0 Å². The molecule has 30 heavy (non-hydrogen) atoms. The Morgan fingerprint density at radius 1 is 0.967 bits per heavy atom. The minimum atomic E-state index is -0.146. The molecule has 2 heterocycles. The standard InChI is InChI=1S/C23H32N4O3/c1-17(28)27-12-9-19-7-8-20(16-21(19)27)24-23(30)26-11-4-10-25(13-14-26)22(29)15-18-5-2-3-6-18/h7-8,16,18H,2-6,9-15H2,1H3,(H,24,30). The van der Waals surface area contributed by atoms with Gasteiger partial charge in [0.25, 0.3) is 0 Å². The van der Waals surface area contributed by atoms with E-state index in [1.165, 1.54) is 25.7 Å². The molecule has 162 valence electrons.